The first kappa shape index (κ1) is 11.7. The molecule has 0 spiro atoms. The molecule has 0 fully saturated rings. The van der Waals surface area contributed by atoms with E-state index in [2.05, 4.69) is 32.8 Å². The lowest BCUT2D eigenvalue weighted by Crippen LogP contribution is -2.13. The molecule has 1 aromatic carbocycles. The van der Waals surface area contributed by atoms with E-state index >= 15 is 0 Å². The summed E-state index contributed by atoms with van der Waals surface area (Å²) in [5.41, 5.74) is 4.28. The Hall–Kier alpha value is -1.77. The standard InChI is InChI=1S/C14H18N2O/c1-9(2)13-8-14(17)16(15-13)12-6-5-10(3)11(4)7-12/h5-9,15H,1-4H3. The van der Waals surface area contributed by atoms with Crippen molar-refractivity contribution >= 4 is 0 Å². The minimum atomic E-state index is -0.00282. The molecular weight excluding hydrogens is 212 g/mol. The molecule has 3 heteroatoms. The summed E-state index contributed by atoms with van der Waals surface area (Å²) in [6, 6.07) is 7.69. The molecule has 0 amide bonds. The highest BCUT2D eigenvalue weighted by molar-refractivity contribution is 5.39. The molecule has 0 bridgehead atoms. The largest absolute Gasteiger partial charge is 0.295 e. The minimum absolute atomic E-state index is 0.00282. The molecule has 0 aliphatic heterocycles. The van der Waals surface area contributed by atoms with Gasteiger partial charge in [0.15, 0.2) is 0 Å². The maximum Gasteiger partial charge on any atom is 0.271 e. The normalized spacial score (nSPS) is 11.1. The number of hydrogen-bond donors (Lipinski definition) is 1. The molecule has 2 aromatic rings. The number of hydrogen-bond acceptors (Lipinski definition) is 1. The lowest BCUT2D eigenvalue weighted by molar-refractivity contribution is 0.760. The Morgan fingerprint density at radius 1 is 1.12 bits per heavy atom. The van der Waals surface area contributed by atoms with Gasteiger partial charge < -0.3 is 0 Å². The third kappa shape index (κ3) is 2.18. The van der Waals surface area contributed by atoms with Crippen LogP contribution in [-0.2, 0) is 0 Å². The molecule has 1 N–H and O–H groups in total. The van der Waals surface area contributed by atoms with Gasteiger partial charge in [-0.15, -0.1) is 0 Å². The minimum Gasteiger partial charge on any atom is -0.295 e. The maximum absolute atomic E-state index is 11.9. The van der Waals surface area contributed by atoms with Gasteiger partial charge in [-0.1, -0.05) is 19.9 Å². The summed E-state index contributed by atoms with van der Waals surface area (Å²) in [7, 11) is 0. The van der Waals surface area contributed by atoms with Gasteiger partial charge in [0.05, 0.1) is 5.69 Å². The second kappa shape index (κ2) is 4.24. The van der Waals surface area contributed by atoms with E-state index in [9.17, 15) is 4.79 Å². The molecule has 1 aromatic heterocycles. The predicted octanol–water partition coefficient (Wildman–Crippen LogP) is 2.91. The fraction of sp³-hybridized carbons (Fsp3) is 0.357. The van der Waals surface area contributed by atoms with Crippen LogP contribution in [0.25, 0.3) is 5.69 Å². The summed E-state index contributed by atoms with van der Waals surface area (Å²) >= 11 is 0. The molecule has 90 valence electrons. The second-order valence-electron chi connectivity index (χ2n) is 4.81. The Labute approximate surface area is 101 Å². The second-order valence-corrected chi connectivity index (χ2v) is 4.81. The lowest BCUT2D eigenvalue weighted by atomic mass is 10.1. The third-order valence-corrected chi connectivity index (χ3v) is 3.11. The van der Waals surface area contributed by atoms with Crippen molar-refractivity contribution in [2.75, 3.05) is 0 Å². The summed E-state index contributed by atoms with van der Waals surface area (Å²) in [5.74, 6) is 0.329. The number of rotatable bonds is 2. The van der Waals surface area contributed by atoms with Crippen LogP contribution in [0, 0.1) is 13.8 Å². The van der Waals surface area contributed by atoms with Crippen LogP contribution in [0.15, 0.2) is 29.1 Å². The van der Waals surface area contributed by atoms with Crippen molar-refractivity contribution in [1.82, 2.24) is 9.78 Å². The van der Waals surface area contributed by atoms with Crippen molar-refractivity contribution in [3.8, 4) is 5.69 Å². The summed E-state index contributed by atoms with van der Waals surface area (Å²) in [6.07, 6.45) is 0. The fourth-order valence-corrected chi connectivity index (χ4v) is 1.77. The van der Waals surface area contributed by atoms with Gasteiger partial charge >= 0.3 is 0 Å². The van der Waals surface area contributed by atoms with Crippen molar-refractivity contribution < 1.29 is 0 Å². The first-order valence-corrected chi connectivity index (χ1v) is 5.88. The van der Waals surface area contributed by atoms with Crippen LogP contribution in [0.5, 0.6) is 0 Å². The third-order valence-electron chi connectivity index (χ3n) is 3.11. The molecule has 0 saturated heterocycles. The van der Waals surface area contributed by atoms with E-state index < -0.39 is 0 Å². The van der Waals surface area contributed by atoms with Crippen molar-refractivity contribution in [3.63, 3.8) is 0 Å². The molecule has 1 heterocycles. The predicted molar refractivity (Wildman–Crippen MR) is 70.0 cm³/mol. The fourth-order valence-electron chi connectivity index (χ4n) is 1.77. The van der Waals surface area contributed by atoms with Crippen molar-refractivity contribution in [3.05, 3.63) is 51.4 Å². The molecule has 0 aliphatic carbocycles. The van der Waals surface area contributed by atoms with Crippen LogP contribution in [0.3, 0.4) is 0 Å². The number of nitrogens with one attached hydrogen (secondary N) is 1. The topological polar surface area (TPSA) is 37.8 Å². The van der Waals surface area contributed by atoms with Crippen LogP contribution < -0.4 is 5.56 Å². The molecule has 0 radical (unpaired) electrons. The monoisotopic (exact) mass is 230 g/mol. The number of H-pyrrole nitrogens is 1. The van der Waals surface area contributed by atoms with Crippen LogP contribution in [0.2, 0.25) is 0 Å². The van der Waals surface area contributed by atoms with E-state index in [1.807, 2.05) is 18.2 Å². The summed E-state index contributed by atoms with van der Waals surface area (Å²) in [6.45, 7) is 8.25. The van der Waals surface area contributed by atoms with Gasteiger partial charge in [0, 0.05) is 11.8 Å². The number of benzene rings is 1. The Bertz CT molecular complexity index is 591. The van der Waals surface area contributed by atoms with Crippen LogP contribution in [0.1, 0.15) is 36.6 Å². The van der Waals surface area contributed by atoms with Gasteiger partial charge in [0.2, 0.25) is 0 Å². The highest BCUT2D eigenvalue weighted by atomic mass is 16.1. The van der Waals surface area contributed by atoms with E-state index in [1.165, 1.54) is 11.1 Å². The zero-order valence-electron chi connectivity index (χ0n) is 10.7. The SMILES string of the molecule is Cc1ccc(-n2[nH]c(C(C)C)cc2=O)cc1C. The molecule has 0 unspecified atom stereocenters. The molecular formula is C14H18N2O. The number of aromatic amines is 1. The van der Waals surface area contributed by atoms with Gasteiger partial charge in [0.1, 0.15) is 0 Å². The van der Waals surface area contributed by atoms with E-state index in [-0.39, 0.29) is 5.56 Å². The van der Waals surface area contributed by atoms with E-state index in [4.69, 9.17) is 0 Å². The smallest absolute Gasteiger partial charge is 0.271 e. The van der Waals surface area contributed by atoms with E-state index in [0.717, 1.165) is 11.4 Å². The van der Waals surface area contributed by atoms with E-state index in [1.54, 1.807) is 10.7 Å². The van der Waals surface area contributed by atoms with Crippen molar-refractivity contribution in [2.24, 2.45) is 0 Å². The molecule has 3 nitrogen and oxygen atoms in total. The van der Waals surface area contributed by atoms with Crippen molar-refractivity contribution in [1.29, 1.82) is 0 Å². The molecule has 0 aliphatic rings. The summed E-state index contributed by atoms with van der Waals surface area (Å²) in [5, 5.41) is 3.15. The van der Waals surface area contributed by atoms with Crippen molar-refractivity contribution in [2.45, 2.75) is 33.6 Å². The van der Waals surface area contributed by atoms with Gasteiger partial charge in [-0.2, -0.15) is 0 Å². The molecule has 2 rings (SSSR count). The average Bonchev–Trinajstić information content (AvgIpc) is 2.65. The first-order chi connectivity index (χ1) is 7.99. The Morgan fingerprint density at radius 3 is 2.35 bits per heavy atom. The Balaban J connectivity index is 2.53. The summed E-state index contributed by atoms with van der Waals surface area (Å²) < 4.78 is 1.60. The number of aromatic nitrogens is 2. The van der Waals surface area contributed by atoms with Crippen LogP contribution >= 0.6 is 0 Å². The Morgan fingerprint density at radius 2 is 1.82 bits per heavy atom. The van der Waals surface area contributed by atoms with Gasteiger partial charge in [-0.05, 0) is 43.0 Å². The lowest BCUT2D eigenvalue weighted by Gasteiger charge is -2.06. The van der Waals surface area contributed by atoms with Gasteiger partial charge in [-0.25, -0.2) is 4.68 Å². The summed E-state index contributed by atoms with van der Waals surface area (Å²) in [4.78, 5) is 11.9. The molecule has 0 saturated carbocycles. The Kier molecular flexibility index (Phi) is 2.92. The highest BCUT2D eigenvalue weighted by Gasteiger charge is 2.08. The maximum atomic E-state index is 11.9. The quantitative estimate of drug-likeness (QED) is 0.846. The zero-order valence-corrected chi connectivity index (χ0v) is 10.7. The van der Waals surface area contributed by atoms with Crippen LogP contribution in [-0.4, -0.2) is 9.78 Å². The van der Waals surface area contributed by atoms with E-state index in [0.29, 0.717) is 5.92 Å². The molecule has 17 heavy (non-hydrogen) atoms. The highest BCUT2D eigenvalue weighted by Crippen LogP contribution is 2.14. The number of aryl methyl sites for hydroxylation is 2. The first-order valence-electron chi connectivity index (χ1n) is 5.88. The zero-order chi connectivity index (χ0) is 12.6. The van der Waals surface area contributed by atoms with Crippen LogP contribution in [0.4, 0.5) is 0 Å². The average molecular weight is 230 g/mol. The van der Waals surface area contributed by atoms with Gasteiger partial charge in [-0.3, -0.25) is 9.89 Å². The molecule has 0 atom stereocenters. The van der Waals surface area contributed by atoms with Gasteiger partial charge in [0.25, 0.3) is 5.56 Å². The number of nitrogens with zero attached hydrogens (tertiary/aromatic N) is 1.